The molecule has 0 amide bonds. The van der Waals surface area contributed by atoms with Crippen LogP contribution < -0.4 is 5.32 Å². The molecule has 0 radical (unpaired) electrons. The van der Waals surface area contributed by atoms with Crippen LogP contribution in [0.2, 0.25) is 0 Å². The van der Waals surface area contributed by atoms with Gasteiger partial charge in [0, 0.05) is 16.6 Å². The Balaban J connectivity index is 1.83. The van der Waals surface area contributed by atoms with E-state index in [1.807, 2.05) is 18.2 Å². The maximum atomic E-state index is 9.29. The minimum atomic E-state index is 0.327. The number of phenols is 1. The van der Waals surface area contributed by atoms with Crippen LogP contribution in [-0.4, -0.2) is 11.1 Å². The van der Waals surface area contributed by atoms with E-state index in [1.54, 1.807) is 12.1 Å². The first-order chi connectivity index (χ1) is 10.0. The lowest BCUT2D eigenvalue weighted by Gasteiger charge is -2.20. The summed E-state index contributed by atoms with van der Waals surface area (Å²) >= 11 is 3.52. The van der Waals surface area contributed by atoms with Crippen LogP contribution in [0.4, 0.5) is 0 Å². The Bertz CT molecular complexity index is 568. The Labute approximate surface area is 135 Å². The maximum Gasteiger partial charge on any atom is 0.115 e. The average Bonchev–Trinajstić information content (AvgIpc) is 2.46. The highest BCUT2D eigenvalue weighted by Gasteiger charge is 2.09. The lowest BCUT2D eigenvalue weighted by Crippen LogP contribution is -2.29. The van der Waals surface area contributed by atoms with Crippen LogP contribution in [0.1, 0.15) is 37.4 Å². The fourth-order valence-corrected chi connectivity index (χ4v) is 2.84. The number of hydrogen-bond acceptors (Lipinski definition) is 2. The van der Waals surface area contributed by atoms with Gasteiger partial charge in [0.25, 0.3) is 0 Å². The highest BCUT2D eigenvalue weighted by atomic mass is 79.9. The fraction of sp³-hybridized carbons (Fsp3) is 0.333. The zero-order chi connectivity index (χ0) is 15.2. The second-order valence-electron chi connectivity index (χ2n) is 5.55. The normalized spacial score (nSPS) is 13.9. The standard InChI is InChI=1S/C18H22BrNO/c1-13(6-7-15-8-10-18(21)11-9-15)20-14(2)16-4-3-5-17(19)12-16/h3-5,8-14,20-21H,6-7H2,1-2H3/t13?,14-/m0/s1. The second kappa shape index (κ2) is 7.62. The van der Waals surface area contributed by atoms with Crippen LogP contribution in [0, 0.1) is 0 Å². The summed E-state index contributed by atoms with van der Waals surface area (Å²) in [5.74, 6) is 0.327. The monoisotopic (exact) mass is 347 g/mol. The first-order valence-corrected chi connectivity index (χ1v) is 8.13. The summed E-state index contributed by atoms with van der Waals surface area (Å²) in [6, 6.07) is 16.7. The molecule has 0 heterocycles. The van der Waals surface area contributed by atoms with Crippen molar-refractivity contribution >= 4 is 15.9 Å². The Morgan fingerprint density at radius 3 is 2.48 bits per heavy atom. The molecule has 0 spiro atoms. The zero-order valence-corrected chi connectivity index (χ0v) is 14.1. The molecule has 0 aliphatic heterocycles. The van der Waals surface area contributed by atoms with Gasteiger partial charge in [-0.05, 0) is 62.1 Å². The largest absolute Gasteiger partial charge is 0.508 e. The van der Waals surface area contributed by atoms with Crippen molar-refractivity contribution in [2.24, 2.45) is 0 Å². The topological polar surface area (TPSA) is 32.3 Å². The molecule has 0 aliphatic carbocycles. The molecule has 3 heteroatoms. The summed E-state index contributed by atoms with van der Waals surface area (Å²) in [6.07, 6.45) is 2.09. The lowest BCUT2D eigenvalue weighted by molar-refractivity contribution is 0.455. The lowest BCUT2D eigenvalue weighted by atomic mass is 10.0. The van der Waals surface area contributed by atoms with Crippen molar-refractivity contribution in [3.8, 4) is 5.75 Å². The molecule has 2 rings (SSSR count). The number of aryl methyl sites for hydroxylation is 1. The van der Waals surface area contributed by atoms with Gasteiger partial charge in [-0.1, -0.05) is 40.2 Å². The summed E-state index contributed by atoms with van der Waals surface area (Å²) in [4.78, 5) is 0. The third-order valence-corrected chi connectivity index (χ3v) is 4.18. The Kier molecular flexibility index (Phi) is 5.83. The highest BCUT2D eigenvalue weighted by molar-refractivity contribution is 9.10. The quantitative estimate of drug-likeness (QED) is 0.784. The third kappa shape index (κ3) is 5.18. The van der Waals surface area contributed by atoms with Crippen molar-refractivity contribution in [3.05, 3.63) is 64.1 Å². The first kappa shape index (κ1) is 16.1. The van der Waals surface area contributed by atoms with Gasteiger partial charge < -0.3 is 10.4 Å². The molecule has 0 fully saturated rings. The van der Waals surface area contributed by atoms with Crippen molar-refractivity contribution < 1.29 is 5.11 Å². The molecule has 1 unspecified atom stereocenters. The van der Waals surface area contributed by atoms with E-state index in [1.165, 1.54) is 11.1 Å². The molecule has 2 N–H and O–H groups in total. The minimum absolute atomic E-state index is 0.327. The number of hydrogen-bond donors (Lipinski definition) is 2. The zero-order valence-electron chi connectivity index (χ0n) is 12.5. The van der Waals surface area contributed by atoms with E-state index in [0.29, 0.717) is 17.8 Å². The van der Waals surface area contributed by atoms with Gasteiger partial charge in [0.15, 0.2) is 0 Å². The number of benzene rings is 2. The molecule has 0 aromatic heterocycles. The van der Waals surface area contributed by atoms with Gasteiger partial charge in [-0.15, -0.1) is 0 Å². The van der Waals surface area contributed by atoms with Gasteiger partial charge in [0.05, 0.1) is 0 Å². The maximum absolute atomic E-state index is 9.29. The van der Waals surface area contributed by atoms with E-state index in [4.69, 9.17) is 0 Å². The Hall–Kier alpha value is -1.32. The van der Waals surface area contributed by atoms with E-state index in [-0.39, 0.29) is 0 Å². The van der Waals surface area contributed by atoms with Crippen molar-refractivity contribution in [1.29, 1.82) is 0 Å². The Morgan fingerprint density at radius 2 is 1.81 bits per heavy atom. The minimum Gasteiger partial charge on any atom is -0.508 e. The van der Waals surface area contributed by atoms with E-state index in [2.05, 4.69) is 53.3 Å². The van der Waals surface area contributed by atoms with E-state index in [0.717, 1.165) is 17.3 Å². The van der Waals surface area contributed by atoms with Crippen LogP contribution in [-0.2, 0) is 6.42 Å². The SMILES string of the molecule is CC(CCc1ccc(O)cc1)N[C@@H](C)c1cccc(Br)c1. The Morgan fingerprint density at radius 1 is 1.10 bits per heavy atom. The fourth-order valence-electron chi connectivity index (χ4n) is 2.43. The van der Waals surface area contributed by atoms with E-state index in [9.17, 15) is 5.11 Å². The number of rotatable bonds is 6. The smallest absolute Gasteiger partial charge is 0.115 e. The molecule has 2 aromatic carbocycles. The predicted molar refractivity (Wildman–Crippen MR) is 91.6 cm³/mol. The van der Waals surface area contributed by atoms with E-state index >= 15 is 0 Å². The van der Waals surface area contributed by atoms with Crippen molar-refractivity contribution in [2.45, 2.75) is 38.8 Å². The summed E-state index contributed by atoms with van der Waals surface area (Å²) in [5, 5.41) is 12.9. The number of phenolic OH excluding ortho intramolecular Hbond substituents is 1. The van der Waals surface area contributed by atoms with Crippen molar-refractivity contribution in [3.63, 3.8) is 0 Å². The molecule has 0 aliphatic rings. The van der Waals surface area contributed by atoms with Gasteiger partial charge >= 0.3 is 0 Å². The molecule has 0 saturated heterocycles. The van der Waals surface area contributed by atoms with Crippen LogP contribution >= 0.6 is 15.9 Å². The first-order valence-electron chi connectivity index (χ1n) is 7.34. The predicted octanol–water partition coefficient (Wildman–Crippen LogP) is 4.83. The second-order valence-corrected chi connectivity index (χ2v) is 6.47. The van der Waals surface area contributed by atoms with Crippen LogP contribution in [0.5, 0.6) is 5.75 Å². The van der Waals surface area contributed by atoms with Crippen LogP contribution in [0.25, 0.3) is 0 Å². The number of nitrogens with one attached hydrogen (secondary N) is 1. The van der Waals surface area contributed by atoms with Gasteiger partial charge in [-0.25, -0.2) is 0 Å². The summed E-state index contributed by atoms with van der Waals surface area (Å²) < 4.78 is 1.12. The summed E-state index contributed by atoms with van der Waals surface area (Å²) in [7, 11) is 0. The average molecular weight is 348 g/mol. The molecular formula is C18H22BrNO. The summed E-state index contributed by atoms with van der Waals surface area (Å²) in [5.41, 5.74) is 2.55. The number of aromatic hydroxyl groups is 1. The van der Waals surface area contributed by atoms with Crippen LogP contribution in [0.15, 0.2) is 53.0 Å². The summed E-state index contributed by atoms with van der Waals surface area (Å²) in [6.45, 7) is 4.41. The molecule has 0 saturated carbocycles. The molecule has 0 bridgehead atoms. The van der Waals surface area contributed by atoms with Gasteiger partial charge in [-0.2, -0.15) is 0 Å². The van der Waals surface area contributed by atoms with E-state index < -0.39 is 0 Å². The van der Waals surface area contributed by atoms with Crippen molar-refractivity contribution in [1.82, 2.24) is 5.32 Å². The molecule has 2 atom stereocenters. The van der Waals surface area contributed by atoms with Gasteiger partial charge in [-0.3, -0.25) is 0 Å². The third-order valence-electron chi connectivity index (χ3n) is 3.69. The number of halogens is 1. The van der Waals surface area contributed by atoms with Crippen molar-refractivity contribution in [2.75, 3.05) is 0 Å². The molecular weight excluding hydrogens is 326 g/mol. The van der Waals surface area contributed by atoms with Gasteiger partial charge in [0.1, 0.15) is 5.75 Å². The molecule has 21 heavy (non-hydrogen) atoms. The molecule has 112 valence electrons. The molecule has 2 aromatic rings. The van der Waals surface area contributed by atoms with Crippen LogP contribution in [0.3, 0.4) is 0 Å². The van der Waals surface area contributed by atoms with Gasteiger partial charge in [0.2, 0.25) is 0 Å². The molecule has 2 nitrogen and oxygen atoms in total. The highest BCUT2D eigenvalue weighted by Crippen LogP contribution is 2.19.